The molecule has 0 spiro atoms. The van der Waals surface area contributed by atoms with Gasteiger partial charge in [0, 0.05) is 17.5 Å². The van der Waals surface area contributed by atoms with Gasteiger partial charge in [0.05, 0.1) is 0 Å². The molecule has 0 radical (unpaired) electrons. The molecule has 3 heteroatoms. The molecule has 0 aliphatic carbocycles. The minimum Gasteiger partial charge on any atom is -0.353 e. The molecule has 1 aliphatic rings. The second kappa shape index (κ2) is 8.51. The van der Waals surface area contributed by atoms with Crippen molar-refractivity contribution in [1.29, 1.82) is 0 Å². The summed E-state index contributed by atoms with van der Waals surface area (Å²) < 4.78 is 12.1. The van der Waals surface area contributed by atoms with Crippen molar-refractivity contribution in [2.24, 2.45) is 0 Å². The van der Waals surface area contributed by atoms with Gasteiger partial charge in [0.1, 0.15) is 6.61 Å². The summed E-state index contributed by atoms with van der Waals surface area (Å²) in [5.74, 6) is 6.10. The van der Waals surface area contributed by atoms with Gasteiger partial charge in [0.15, 0.2) is 6.29 Å². The Balaban J connectivity index is 1.98. The molecule has 14 heavy (non-hydrogen) atoms. The van der Waals surface area contributed by atoms with E-state index in [9.17, 15) is 0 Å². The summed E-state index contributed by atoms with van der Waals surface area (Å²) in [6.45, 7) is 1.36. The van der Waals surface area contributed by atoms with E-state index < -0.39 is 0 Å². The highest BCUT2D eigenvalue weighted by Crippen LogP contribution is 2.12. The third-order valence-corrected chi connectivity index (χ3v) is 2.80. The van der Waals surface area contributed by atoms with Crippen molar-refractivity contribution in [2.75, 3.05) is 17.6 Å². The summed E-state index contributed by atoms with van der Waals surface area (Å²) in [7, 11) is 0. The molecule has 0 saturated carbocycles. The van der Waals surface area contributed by atoms with E-state index in [2.05, 4.69) is 34.4 Å². The van der Waals surface area contributed by atoms with Crippen molar-refractivity contribution >= 4 is 22.6 Å². The Labute approximate surface area is 99.9 Å². The number of hydrogen-bond donors (Lipinski definition) is 0. The fourth-order valence-electron chi connectivity index (χ4n) is 1.27. The molecule has 1 rings (SSSR count). The number of halogens is 1. The van der Waals surface area contributed by atoms with Crippen LogP contribution < -0.4 is 0 Å². The Kier molecular flexibility index (Phi) is 7.47. The lowest BCUT2D eigenvalue weighted by Crippen LogP contribution is -2.22. The fourth-order valence-corrected chi connectivity index (χ4v) is 1.65. The zero-order chi connectivity index (χ0) is 10.1. The van der Waals surface area contributed by atoms with Gasteiger partial charge in [-0.2, -0.15) is 0 Å². The predicted octanol–water partition coefficient (Wildman–Crippen LogP) is 2.75. The minimum atomic E-state index is 0.00243. The highest BCUT2D eigenvalue weighted by molar-refractivity contribution is 14.1. The minimum absolute atomic E-state index is 0.00243. The van der Waals surface area contributed by atoms with Gasteiger partial charge in [-0.25, -0.2) is 0 Å². The van der Waals surface area contributed by atoms with Gasteiger partial charge < -0.3 is 9.47 Å². The molecule has 0 bridgehead atoms. The molecular weight excluding hydrogens is 291 g/mol. The van der Waals surface area contributed by atoms with Crippen molar-refractivity contribution in [2.45, 2.75) is 38.4 Å². The molecule has 0 aromatic heterocycles. The SMILES string of the molecule is ICCCC#CCO[C@@H]1CCCCO1. The molecule has 0 aromatic rings. The number of unbranched alkanes of at least 4 members (excludes halogenated alkanes) is 1. The van der Waals surface area contributed by atoms with E-state index in [1.807, 2.05) is 0 Å². The first-order chi connectivity index (χ1) is 6.93. The fraction of sp³-hybridized carbons (Fsp3) is 0.818. The van der Waals surface area contributed by atoms with Gasteiger partial charge in [0.25, 0.3) is 0 Å². The van der Waals surface area contributed by atoms with Crippen LogP contribution in [0.15, 0.2) is 0 Å². The Morgan fingerprint density at radius 1 is 1.36 bits per heavy atom. The smallest absolute Gasteiger partial charge is 0.158 e. The highest BCUT2D eigenvalue weighted by atomic mass is 127. The summed E-state index contributed by atoms with van der Waals surface area (Å²) in [6.07, 6.45) is 5.57. The van der Waals surface area contributed by atoms with Crippen LogP contribution in [-0.4, -0.2) is 23.9 Å². The first-order valence-electron chi connectivity index (χ1n) is 5.18. The third kappa shape index (κ3) is 5.84. The van der Waals surface area contributed by atoms with Crippen LogP contribution >= 0.6 is 22.6 Å². The monoisotopic (exact) mass is 308 g/mol. The van der Waals surface area contributed by atoms with Gasteiger partial charge in [-0.3, -0.25) is 0 Å². The molecule has 0 amide bonds. The van der Waals surface area contributed by atoms with Crippen molar-refractivity contribution < 1.29 is 9.47 Å². The summed E-state index contributed by atoms with van der Waals surface area (Å²) in [5.41, 5.74) is 0. The van der Waals surface area contributed by atoms with E-state index in [1.54, 1.807) is 0 Å². The normalized spacial score (nSPS) is 21.4. The van der Waals surface area contributed by atoms with E-state index in [1.165, 1.54) is 23.7 Å². The standard InChI is InChI=1S/C11H17IO2/c12-8-4-1-2-5-9-13-11-7-3-6-10-14-11/h11H,1,3-4,6-10H2/t11-/m0/s1. The van der Waals surface area contributed by atoms with Crippen LogP contribution in [0.25, 0.3) is 0 Å². The van der Waals surface area contributed by atoms with E-state index in [0.29, 0.717) is 6.61 Å². The molecule has 0 N–H and O–H groups in total. The van der Waals surface area contributed by atoms with Crippen LogP contribution in [0.2, 0.25) is 0 Å². The maximum Gasteiger partial charge on any atom is 0.158 e. The molecule has 1 atom stereocenters. The summed E-state index contributed by atoms with van der Waals surface area (Å²) in [4.78, 5) is 0. The lowest BCUT2D eigenvalue weighted by Gasteiger charge is -2.21. The van der Waals surface area contributed by atoms with E-state index in [0.717, 1.165) is 19.4 Å². The van der Waals surface area contributed by atoms with Crippen molar-refractivity contribution in [1.82, 2.24) is 0 Å². The zero-order valence-electron chi connectivity index (χ0n) is 8.43. The lowest BCUT2D eigenvalue weighted by atomic mass is 10.2. The second-order valence-corrected chi connectivity index (χ2v) is 4.33. The lowest BCUT2D eigenvalue weighted by molar-refractivity contribution is -0.154. The molecule has 80 valence electrons. The average molecular weight is 308 g/mol. The van der Waals surface area contributed by atoms with E-state index in [-0.39, 0.29) is 6.29 Å². The molecule has 1 aliphatic heterocycles. The van der Waals surface area contributed by atoms with Gasteiger partial charge in [-0.15, -0.1) is 5.92 Å². The van der Waals surface area contributed by atoms with Gasteiger partial charge in [0.2, 0.25) is 0 Å². The molecule has 2 nitrogen and oxygen atoms in total. The van der Waals surface area contributed by atoms with Crippen molar-refractivity contribution in [3.63, 3.8) is 0 Å². The molecule has 1 fully saturated rings. The van der Waals surface area contributed by atoms with Gasteiger partial charge in [-0.1, -0.05) is 28.5 Å². The van der Waals surface area contributed by atoms with E-state index >= 15 is 0 Å². The van der Waals surface area contributed by atoms with Crippen LogP contribution in [0.1, 0.15) is 32.1 Å². The Bertz CT molecular complexity index is 189. The number of alkyl halides is 1. The summed E-state index contributed by atoms with van der Waals surface area (Å²) in [6, 6.07) is 0. The molecule has 1 saturated heterocycles. The maximum absolute atomic E-state index is 5.47. The Morgan fingerprint density at radius 3 is 3.00 bits per heavy atom. The van der Waals surface area contributed by atoms with Gasteiger partial charge >= 0.3 is 0 Å². The molecule has 0 unspecified atom stereocenters. The number of ether oxygens (including phenoxy) is 2. The van der Waals surface area contributed by atoms with Crippen molar-refractivity contribution in [3.05, 3.63) is 0 Å². The Hall–Kier alpha value is 0.210. The third-order valence-electron chi connectivity index (χ3n) is 2.04. The largest absolute Gasteiger partial charge is 0.353 e. The van der Waals surface area contributed by atoms with Crippen LogP contribution in [-0.2, 0) is 9.47 Å². The molecular formula is C11H17IO2. The molecule has 0 aromatic carbocycles. The van der Waals surface area contributed by atoms with Crippen LogP contribution in [0.5, 0.6) is 0 Å². The zero-order valence-corrected chi connectivity index (χ0v) is 10.6. The van der Waals surface area contributed by atoms with Gasteiger partial charge in [-0.05, 0) is 25.7 Å². The van der Waals surface area contributed by atoms with E-state index in [4.69, 9.17) is 9.47 Å². The maximum atomic E-state index is 5.47. The number of hydrogen-bond acceptors (Lipinski definition) is 2. The number of rotatable bonds is 4. The van der Waals surface area contributed by atoms with Crippen LogP contribution in [0.4, 0.5) is 0 Å². The van der Waals surface area contributed by atoms with Crippen LogP contribution in [0.3, 0.4) is 0 Å². The first-order valence-corrected chi connectivity index (χ1v) is 6.71. The second-order valence-electron chi connectivity index (χ2n) is 3.25. The summed E-state index contributed by atoms with van der Waals surface area (Å²) >= 11 is 2.36. The quantitative estimate of drug-likeness (QED) is 0.344. The predicted molar refractivity (Wildman–Crippen MR) is 65.4 cm³/mol. The molecule has 1 heterocycles. The highest BCUT2D eigenvalue weighted by Gasteiger charge is 2.12. The summed E-state index contributed by atoms with van der Waals surface area (Å²) in [5, 5.41) is 0. The van der Waals surface area contributed by atoms with Crippen LogP contribution in [0, 0.1) is 11.8 Å². The van der Waals surface area contributed by atoms with Crippen molar-refractivity contribution in [3.8, 4) is 11.8 Å². The first kappa shape index (κ1) is 12.3. The Morgan fingerprint density at radius 2 is 2.29 bits per heavy atom. The topological polar surface area (TPSA) is 18.5 Å². The average Bonchev–Trinajstić information content (AvgIpc) is 2.25.